The van der Waals surface area contributed by atoms with Crippen molar-refractivity contribution in [2.75, 3.05) is 13.2 Å². The van der Waals surface area contributed by atoms with Gasteiger partial charge in [-0.15, -0.1) is 6.58 Å². The fraction of sp³-hybridized carbons (Fsp3) is 0.913. The summed E-state index contributed by atoms with van der Waals surface area (Å²) in [4.78, 5) is 0. The van der Waals surface area contributed by atoms with Crippen LogP contribution in [0.1, 0.15) is 93.4 Å². The summed E-state index contributed by atoms with van der Waals surface area (Å²) in [5, 5.41) is 0. The van der Waals surface area contributed by atoms with Crippen LogP contribution >= 0.6 is 0 Å². The Bertz CT molecular complexity index is 322. The second-order valence-electron chi connectivity index (χ2n) is 8.79. The molecule has 0 N–H and O–H groups in total. The fourth-order valence-corrected chi connectivity index (χ4v) is 3.02. The Labute approximate surface area is 158 Å². The maximum atomic E-state index is 6.25. The summed E-state index contributed by atoms with van der Waals surface area (Å²) >= 11 is 0. The summed E-state index contributed by atoms with van der Waals surface area (Å²) in [7, 11) is 0. The van der Waals surface area contributed by atoms with Crippen molar-refractivity contribution in [2.24, 2.45) is 17.8 Å². The van der Waals surface area contributed by atoms with Gasteiger partial charge in [0.05, 0.1) is 12.2 Å². The van der Waals surface area contributed by atoms with Crippen LogP contribution in [0.4, 0.5) is 0 Å². The van der Waals surface area contributed by atoms with Crippen LogP contribution in [0, 0.1) is 17.8 Å². The average Bonchev–Trinajstić information content (AvgIpc) is 2.49. The van der Waals surface area contributed by atoms with Gasteiger partial charge in [-0.3, -0.25) is 0 Å². The van der Waals surface area contributed by atoms with Crippen LogP contribution < -0.4 is 0 Å². The summed E-state index contributed by atoms with van der Waals surface area (Å²) in [6.07, 6.45) is 9.20. The second kappa shape index (κ2) is 14.8. The molecule has 0 saturated heterocycles. The molecule has 0 fully saturated rings. The molecule has 3 atom stereocenters. The van der Waals surface area contributed by atoms with E-state index >= 15 is 0 Å². The molecule has 0 rings (SSSR count). The van der Waals surface area contributed by atoms with Gasteiger partial charge in [-0.1, -0.05) is 39.7 Å². The minimum Gasteiger partial charge on any atom is -0.379 e. The lowest BCUT2D eigenvalue weighted by molar-refractivity contribution is 0.00534. The molecule has 150 valence electrons. The van der Waals surface area contributed by atoms with Gasteiger partial charge in [0, 0.05) is 13.2 Å². The minimum absolute atomic E-state index is 0.344. The Morgan fingerprint density at radius 1 is 0.760 bits per heavy atom. The third-order valence-electron chi connectivity index (χ3n) is 4.99. The van der Waals surface area contributed by atoms with Gasteiger partial charge in [0.25, 0.3) is 0 Å². The Hall–Kier alpha value is -0.340. The summed E-state index contributed by atoms with van der Waals surface area (Å²) in [5.74, 6) is 2.06. The molecule has 0 aromatic rings. The van der Waals surface area contributed by atoms with E-state index in [1.54, 1.807) is 0 Å². The Balaban J connectivity index is 3.92. The quantitative estimate of drug-likeness (QED) is 0.277. The van der Waals surface area contributed by atoms with Crippen molar-refractivity contribution >= 4 is 0 Å². The van der Waals surface area contributed by atoms with E-state index in [-0.39, 0.29) is 0 Å². The molecule has 0 amide bonds. The molecule has 0 aromatic heterocycles. The summed E-state index contributed by atoms with van der Waals surface area (Å²) in [6.45, 7) is 21.4. The molecule has 0 aliphatic rings. The predicted octanol–water partition coefficient (Wildman–Crippen LogP) is 7.03. The Morgan fingerprint density at radius 3 is 1.84 bits per heavy atom. The summed E-state index contributed by atoms with van der Waals surface area (Å²) in [6, 6.07) is 0. The first-order valence-corrected chi connectivity index (χ1v) is 10.6. The first-order chi connectivity index (χ1) is 11.7. The Morgan fingerprint density at radius 2 is 1.32 bits per heavy atom. The number of hydrogen-bond donors (Lipinski definition) is 0. The monoisotopic (exact) mass is 354 g/mol. The van der Waals surface area contributed by atoms with Crippen molar-refractivity contribution in [2.45, 2.75) is 106 Å². The van der Waals surface area contributed by atoms with Gasteiger partial charge >= 0.3 is 0 Å². The van der Waals surface area contributed by atoms with Crippen LogP contribution in [0.3, 0.4) is 0 Å². The van der Waals surface area contributed by atoms with E-state index in [1.165, 1.54) is 37.7 Å². The molecule has 0 saturated carbocycles. The molecule has 2 heteroatoms. The van der Waals surface area contributed by atoms with Crippen LogP contribution in [0.15, 0.2) is 12.2 Å². The minimum atomic E-state index is 0.344. The van der Waals surface area contributed by atoms with Gasteiger partial charge in [0.2, 0.25) is 0 Å². The lowest BCUT2D eigenvalue weighted by Crippen LogP contribution is -2.22. The van der Waals surface area contributed by atoms with Crippen molar-refractivity contribution in [1.82, 2.24) is 0 Å². The molecule has 0 aliphatic heterocycles. The summed E-state index contributed by atoms with van der Waals surface area (Å²) < 4.78 is 11.9. The van der Waals surface area contributed by atoms with Crippen molar-refractivity contribution in [3.8, 4) is 0 Å². The van der Waals surface area contributed by atoms with Crippen LogP contribution in [0.25, 0.3) is 0 Å². The molecule has 25 heavy (non-hydrogen) atoms. The highest BCUT2D eigenvalue weighted by Gasteiger charge is 2.16. The zero-order valence-corrected chi connectivity index (χ0v) is 18.3. The van der Waals surface area contributed by atoms with Crippen LogP contribution in [-0.4, -0.2) is 25.4 Å². The van der Waals surface area contributed by atoms with E-state index in [9.17, 15) is 0 Å². The van der Waals surface area contributed by atoms with Crippen molar-refractivity contribution < 1.29 is 9.47 Å². The fourth-order valence-electron chi connectivity index (χ4n) is 3.02. The van der Waals surface area contributed by atoms with Gasteiger partial charge < -0.3 is 9.47 Å². The third-order valence-corrected chi connectivity index (χ3v) is 4.99. The van der Waals surface area contributed by atoms with Gasteiger partial charge in [0.1, 0.15) is 0 Å². The average molecular weight is 355 g/mol. The smallest absolute Gasteiger partial charge is 0.0598 e. The lowest BCUT2D eigenvalue weighted by atomic mass is 9.95. The van der Waals surface area contributed by atoms with Crippen LogP contribution in [0.2, 0.25) is 0 Å². The van der Waals surface area contributed by atoms with Gasteiger partial charge in [-0.25, -0.2) is 0 Å². The van der Waals surface area contributed by atoms with Crippen molar-refractivity contribution in [3.63, 3.8) is 0 Å². The molecule has 0 bridgehead atoms. The number of allylic oxidation sites excluding steroid dienone is 1. The molecular formula is C23H46O2. The first-order valence-electron chi connectivity index (χ1n) is 10.6. The van der Waals surface area contributed by atoms with E-state index in [0.29, 0.717) is 24.0 Å². The topological polar surface area (TPSA) is 18.5 Å². The molecule has 3 unspecified atom stereocenters. The van der Waals surface area contributed by atoms with Crippen molar-refractivity contribution in [1.29, 1.82) is 0 Å². The maximum Gasteiger partial charge on any atom is 0.0598 e. The van der Waals surface area contributed by atoms with Gasteiger partial charge in [0.15, 0.2) is 0 Å². The highest BCUT2D eigenvalue weighted by Crippen LogP contribution is 2.20. The molecule has 2 nitrogen and oxygen atoms in total. The molecule has 0 aliphatic carbocycles. The molecule has 0 spiro atoms. The van der Waals surface area contributed by atoms with Gasteiger partial charge in [-0.05, 0) is 77.0 Å². The molecule has 0 radical (unpaired) electrons. The molecule has 0 heterocycles. The van der Waals surface area contributed by atoms with E-state index in [2.05, 4.69) is 55.0 Å². The first kappa shape index (κ1) is 24.7. The van der Waals surface area contributed by atoms with E-state index < -0.39 is 0 Å². The molecular weight excluding hydrogens is 308 g/mol. The zero-order valence-electron chi connectivity index (χ0n) is 18.3. The summed E-state index contributed by atoms with van der Waals surface area (Å²) in [5.41, 5.74) is 1.30. The standard InChI is InChI=1S/C23H46O2/c1-18(2)10-9-11-21(7)15-17-25-23(19(3)4)13-12-22(8)14-16-24-20(5)6/h19-23H,1,9-17H2,2-8H3. The largest absolute Gasteiger partial charge is 0.379 e. The van der Waals surface area contributed by atoms with Crippen LogP contribution in [-0.2, 0) is 9.47 Å². The second-order valence-corrected chi connectivity index (χ2v) is 8.79. The van der Waals surface area contributed by atoms with E-state index in [1.807, 2.05) is 0 Å². The zero-order chi connectivity index (χ0) is 19.2. The number of rotatable bonds is 16. The predicted molar refractivity (Wildman–Crippen MR) is 111 cm³/mol. The van der Waals surface area contributed by atoms with Crippen molar-refractivity contribution in [3.05, 3.63) is 12.2 Å². The van der Waals surface area contributed by atoms with E-state index in [4.69, 9.17) is 9.47 Å². The highest BCUT2D eigenvalue weighted by molar-refractivity contribution is 4.87. The normalized spacial score (nSPS) is 15.6. The third kappa shape index (κ3) is 15.6. The molecule has 0 aromatic carbocycles. The van der Waals surface area contributed by atoms with E-state index in [0.717, 1.165) is 32.0 Å². The lowest BCUT2D eigenvalue weighted by Gasteiger charge is -2.24. The van der Waals surface area contributed by atoms with Gasteiger partial charge in [-0.2, -0.15) is 0 Å². The van der Waals surface area contributed by atoms with Crippen LogP contribution in [0.5, 0.6) is 0 Å². The number of ether oxygens (including phenoxy) is 2. The number of hydrogen-bond acceptors (Lipinski definition) is 2. The Kier molecular flexibility index (Phi) is 14.6. The SMILES string of the molecule is C=C(C)CCCC(C)CCOC(CCC(C)CCOC(C)C)C(C)C. The maximum absolute atomic E-state index is 6.25. The highest BCUT2D eigenvalue weighted by atomic mass is 16.5.